The fourth-order valence-electron chi connectivity index (χ4n) is 2.38. The number of esters is 1. The standard InChI is InChI=1S/C18H18N2O2/c1-12-2-4-13(5-3-12)11-22-18(21)15-6-8-16-14(10-15)7-9-17(19)20-16/h2,4-10,12H,3,11H2,1H3,(H2,19,20). The van der Waals surface area contributed by atoms with E-state index in [1.807, 2.05) is 12.1 Å². The second-order valence-corrected chi connectivity index (χ2v) is 5.57. The second kappa shape index (κ2) is 6.02. The predicted octanol–water partition coefficient (Wildman–Crippen LogP) is 3.50. The Labute approximate surface area is 129 Å². The van der Waals surface area contributed by atoms with Crippen LogP contribution in [0, 0.1) is 5.92 Å². The molecule has 1 aliphatic carbocycles. The summed E-state index contributed by atoms with van der Waals surface area (Å²) in [6, 6.07) is 8.84. The van der Waals surface area contributed by atoms with E-state index in [0.717, 1.165) is 22.9 Å². The van der Waals surface area contributed by atoms with E-state index in [-0.39, 0.29) is 5.97 Å². The highest BCUT2D eigenvalue weighted by Crippen LogP contribution is 2.18. The topological polar surface area (TPSA) is 65.2 Å². The first kappa shape index (κ1) is 14.3. The Kier molecular flexibility index (Phi) is 3.92. The van der Waals surface area contributed by atoms with Crippen LogP contribution >= 0.6 is 0 Å². The zero-order chi connectivity index (χ0) is 15.5. The molecule has 2 N–H and O–H groups in total. The van der Waals surface area contributed by atoms with Crippen LogP contribution < -0.4 is 5.73 Å². The summed E-state index contributed by atoms with van der Waals surface area (Å²) >= 11 is 0. The summed E-state index contributed by atoms with van der Waals surface area (Å²) in [5.74, 6) is 0.694. The number of nitrogens with zero attached hydrogens (tertiary/aromatic N) is 1. The average molecular weight is 294 g/mol. The molecule has 0 bridgehead atoms. The van der Waals surface area contributed by atoms with E-state index in [2.05, 4.69) is 24.1 Å². The SMILES string of the molecule is CC1C=CC(COC(=O)c2ccc3nc(N)ccc3c2)=CC1. The van der Waals surface area contributed by atoms with E-state index in [1.165, 1.54) is 0 Å². The van der Waals surface area contributed by atoms with E-state index in [1.54, 1.807) is 24.3 Å². The Morgan fingerprint density at radius 1 is 1.36 bits per heavy atom. The Bertz CT molecular complexity index is 778. The van der Waals surface area contributed by atoms with Crippen molar-refractivity contribution in [2.75, 3.05) is 12.3 Å². The summed E-state index contributed by atoms with van der Waals surface area (Å²) in [6.45, 7) is 2.46. The van der Waals surface area contributed by atoms with Crippen LogP contribution in [0.15, 0.2) is 54.1 Å². The minimum Gasteiger partial charge on any atom is -0.457 e. The van der Waals surface area contributed by atoms with Crippen molar-refractivity contribution in [2.24, 2.45) is 5.92 Å². The maximum absolute atomic E-state index is 12.1. The van der Waals surface area contributed by atoms with E-state index in [0.29, 0.717) is 23.9 Å². The van der Waals surface area contributed by atoms with Crippen LogP contribution in [-0.4, -0.2) is 17.6 Å². The Morgan fingerprint density at radius 3 is 3.00 bits per heavy atom. The quantitative estimate of drug-likeness (QED) is 0.880. The van der Waals surface area contributed by atoms with Crippen molar-refractivity contribution in [3.05, 3.63) is 59.7 Å². The van der Waals surface area contributed by atoms with Gasteiger partial charge in [-0.2, -0.15) is 0 Å². The average Bonchev–Trinajstić information content (AvgIpc) is 2.53. The molecule has 1 aromatic carbocycles. The first-order valence-electron chi connectivity index (χ1n) is 7.32. The summed E-state index contributed by atoms with van der Waals surface area (Å²) < 4.78 is 5.37. The van der Waals surface area contributed by atoms with Crippen LogP contribution in [0.5, 0.6) is 0 Å². The van der Waals surface area contributed by atoms with E-state index >= 15 is 0 Å². The van der Waals surface area contributed by atoms with Gasteiger partial charge in [0.25, 0.3) is 0 Å². The van der Waals surface area contributed by atoms with Crippen molar-refractivity contribution in [1.29, 1.82) is 0 Å². The lowest BCUT2D eigenvalue weighted by Crippen LogP contribution is -2.09. The minimum absolute atomic E-state index is 0.306. The molecular weight excluding hydrogens is 276 g/mol. The zero-order valence-electron chi connectivity index (χ0n) is 12.5. The van der Waals surface area contributed by atoms with Crippen LogP contribution in [0.4, 0.5) is 5.82 Å². The summed E-state index contributed by atoms with van der Waals surface area (Å²) in [4.78, 5) is 16.4. The summed E-state index contributed by atoms with van der Waals surface area (Å²) in [6.07, 6.45) is 7.27. The number of hydrogen-bond donors (Lipinski definition) is 1. The first-order chi connectivity index (χ1) is 10.6. The van der Waals surface area contributed by atoms with Gasteiger partial charge in [0.15, 0.2) is 0 Å². The summed E-state index contributed by atoms with van der Waals surface area (Å²) in [7, 11) is 0. The van der Waals surface area contributed by atoms with Gasteiger partial charge in [0, 0.05) is 5.39 Å². The third kappa shape index (κ3) is 3.17. The van der Waals surface area contributed by atoms with Crippen LogP contribution in [0.1, 0.15) is 23.7 Å². The van der Waals surface area contributed by atoms with Gasteiger partial charge in [-0.1, -0.05) is 25.2 Å². The molecule has 0 aliphatic heterocycles. The largest absolute Gasteiger partial charge is 0.457 e. The number of nitrogen functional groups attached to an aromatic ring is 1. The van der Waals surface area contributed by atoms with Crippen molar-refractivity contribution < 1.29 is 9.53 Å². The molecule has 1 atom stereocenters. The molecule has 0 amide bonds. The monoisotopic (exact) mass is 294 g/mol. The lowest BCUT2D eigenvalue weighted by molar-refractivity contribution is 0.0542. The number of aromatic nitrogens is 1. The zero-order valence-corrected chi connectivity index (χ0v) is 12.5. The number of nitrogens with two attached hydrogens (primary N) is 1. The van der Waals surface area contributed by atoms with Gasteiger partial charge in [0.05, 0.1) is 11.1 Å². The Balaban J connectivity index is 1.70. The molecule has 0 fully saturated rings. The number of benzene rings is 1. The van der Waals surface area contributed by atoms with Gasteiger partial charge in [-0.3, -0.25) is 0 Å². The number of rotatable bonds is 3. The number of carbonyl (C=O) groups excluding carboxylic acids is 1. The molecule has 0 radical (unpaired) electrons. The van der Waals surface area contributed by atoms with Crippen molar-refractivity contribution in [3.63, 3.8) is 0 Å². The molecule has 22 heavy (non-hydrogen) atoms. The van der Waals surface area contributed by atoms with Gasteiger partial charge >= 0.3 is 5.97 Å². The number of pyridine rings is 1. The van der Waals surface area contributed by atoms with Crippen LogP contribution in [-0.2, 0) is 4.74 Å². The van der Waals surface area contributed by atoms with Crippen LogP contribution in [0.25, 0.3) is 10.9 Å². The van der Waals surface area contributed by atoms with Gasteiger partial charge in [0.2, 0.25) is 0 Å². The maximum atomic E-state index is 12.1. The Morgan fingerprint density at radius 2 is 2.23 bits per heavy atom. The van der Waals surface area contributed by atoms with Crippen LogP contribution in [0.2, 0.25) is 0 Å². The van der Waals surface area contributed by atoms with E-state index < -0.39 is 0 Å². The maximum Gasteiger partial charge on any atom is 0.338 e. The molecule has 1 heterocycles. The number of fused-ring (bicyclic) bond motifs is 1. The fourth-order valence-corrected chi connectivity index (χ4v) is 2.38. The smallest absolute Gasteiger partial charge is 0.338 e. The number of carbonyl (C=O) groups is 1. The number of ether oxygens (including phenoxy) is 1. The van der Waals surface area contributed by atoms with Gasteiger partial charge in [-0.15, -0.1) is 0 Å². The molecule has 2 aromatic rings. The van der Waals surface area contributed by atoms with E-state index in [9.17, 15) is 4.79 Å². The van der Waals surface area contributed by atoms with Crippen molar-refractivity contribution in [2.45, 2.75) is 13.3 Å². The third-order valence-electron chi connectivity index (χ3n) is 3.71. The highest BCUT2D eigenvalue weighted by Gasteiger charge is 2.10. The molecule has 1 unspecified atom stereocenters. The highest BCUT2D eigenvalue weighted by molar-refractivity contribution is 5.94. The molecule has 0 saturated heterocycles. The normalized spacial score (nSPS) is 17.3. The van der Waals surface area contributed by atoms with E-state index in [4.69, 9.17) is 10.5 Å². The van der Waals surface area contributed by atoms with Gasteiger partial charge in [-0.05, 0) is 48.2 Å². The minimum atomic E-state index is -0.327. The molecule has 0 spiro atoms. The number of hydrogen-bond acceptors (Lipinski definition) is 4. The van der Waals surface area contributed by atoms with Crippen LogP contribution in [0.3, 0.4) is 0 Å². The number of anilines is 1. The molecule has 1 aliphatic rings. The molecule has 3 rings (SSSR count). The van der Waals surface area contributed by atoms with Crippen molar-refractivity contribution in [3.8, 4) is 0 Å². The molecular formula is C18H18N2O2. The van der Waals surface area contributed by atoms with Crippen molar-refractivity contribution in [1.82, 2.24) is 4.98 Å². The molecule has 1 aromatic heterocycles. The first-order valence-corrected chi connectivity index (χ1v) is 7.32. The van der Waals surface area contributed by atoms with Gasteiger partial charge < -0.3 is 10.5 Å². The predicted molar refractivity (Wildman–Crippen MR) is 87.4 cm³/mol. The third-order valence-corrected chi connectivity index (χ3v) is 3.71. The fraction of sp³-hybridized carbons (Fsp3) is 0.222. The van der Waals surface area contributed by atoms with Gasteiger partial charge in [0.1, 0.15) is 12.4 Å². The second-order valence-electron chi connectivity index (χ2n) is 5.57. The highest BCUT2D eigenvalue weighted by atomic mass is 16.5. The molecule has 4 nitrogen and oxygen atoms in total. The Hall–Kier alpha value is -2.62. The summed E-state index contributed by atoms with van der Waals surface area (Å²) in [5, 5.41) is 0.870. The van der Waals surface area contributed by atoms with Gasteiger partial charge in [-0.25, -0.2) is 9.78 Å². The lowest BCUT2D eigenvalue weighted by Gasteiger charge is -2.12. The molecule has 4 heteroatoms. The molecule has 0 saturated carbocycles. The number of allylic oxidation sites excluding steroid dienone is 2. The van der Waals surface area contributed by atoms with Crippen molar-refractivity contribution >= 4 is 22.7 Å². The molecule has 112 valence electrons. The summed E-state index contributed by atoms with van der Waals surface area (Å²) in [5.41, 5.74) is 7.98. The lowest BCUT2D eigenvalue weighted by atomic mass is 9.99.